The molecule has 0 atom stereocenters. The molecule has 1 aromatic rings. The summed E-state index contributed by atoms with van der Waals surface area (Å²) in [5, 5.41) is 9.03. The Balaban J connectivity index is 0.000000318. The molecule has 0 bridgehead atoms. The van der Waals surface area contributed by atoms with Gasteiger partial charge < -0.3 is 9.84 Å². The van der Waals surface area contributed by atoms with Gasteiger partial charge in [0.2, 0.25) is 0 Å². The molecule has 88 valence electrons. The maximum atomic E-state index is 9.03. The van der Waals surface area contributed by atoms with Crippen molar-refractivity contribution >= 4 is 22.6 Å². The molecule has 2 nitrogen and oxygen atoms in total. The fourth-order valence-electron chi connectivity index (χ4n) is 0.986. The number of hydrogen-bond donors (Lipinski definition) is 1. The van der Waals surface area contributed by atoms with Crippen molar-refractivity contribution in [3.8, 4) is 0 Å². The van der Waals surface area contributed by atoms with Crippen LogP contribution >= 0.6 is 22.6 Å². The molecule has 0 saturated carbocycles. The number of allylic oxidation sites excluding steroid dienone is 5. The zero-order chi connectivity index (χ0) is 11.1. The second-order valence-electron chi connectivity index (χ2n) is 2.79. The molecule has 0 amide bonds. The number of halogens is 1. The minimum absolute atomic E-state index is 0. The summed E-state index contributed by atoms with van der Waals surface area (Å²) < 4.78 is 5.71. The maximum Gasteiger partial charge on any atom is 0.283 e. The quantitative estimate of drug-likeness (QED) is 0.353. The van der Waals surface area contributed by atoms with Gasteiger partial charge in [-0.25, -0.2) is 12.1 Å². The Morgan fingerprint density at radius 1 is 1.31 bits per heavy atom. The first-order chi connectivity index (χ1) is 7.24. The number of ether oxygens (including phenoxy) is 1. The van der Waals surface area contributed by atoms with E-state index in [4.69, 9.17) is 5.11 Å². The summed E-state index contributed by atoms with van der Waals surface area (Å²) in [6.07, 6.45) is 5.56. The predicted molar refractivity (Wildman–Crippen MR) is 69.9 cm³/mol. The van der Waals surface area contributed by atoms with Crippen LogP contribution in [0.5, 0.6) is 0 Å². The molecule has 0 heterocycles. The van der Waals surface area contributed by atoms with Gasteiger partial charge in [-0.15, -0.1) is 0 Å². The fraction of sp³-hybridized carbons (Fsp3) is 0.0833. The largest absolute Gasteiger partial charge is 0.481 e. The molecule has 16 heavy (non-hydrogen) atoms. The Morgan fingerprint density at radius 3 is 2.25 bits per heavy atom. The van der Waals surface area contributed by atoms with Crippen molar-refractivity contribution in [1.29, 1.82) is 0 Å². The van der Waals surface area contributed by atoms with Crippen LogP contribution in [0.25, 0.3) is 0 Å². The van der Waals surface area contributed by atoms with Crippen LogP contribution in [0.4, 0.5) is 0 Å². The molecule has 1 aliphatic carbocycles. The molecule has 0 aliphatic heterocycles. The van der Waals surface area contributed by atoms with Crippen LogP contribution in [0.1, 0.15) is 0 Å². The topological polar surface area (TPSA) is 29.5 Å². The Bertz CT molecular complexity index is 361. The number of methoxy groups -OCH3 is 1. The van der Waals surface area contributed by atoms with Crippen LogP contribution in [0, 0.1) is 0 Å². The monoisotopic (exact) mass is 371 g/mol. The SMILES string of the molecule is CO/C(O)=C1/C=CC(I)=C1.[Fe].c1cc[cH-]c1. The molecule has 0 saturated heterocycles. The summed E-state index contributed by atoms with van der Waals surface area (Å²) in [6.45, 7) is 0. The Kier molecular flexibility index (Phi) is 8.25. The third-order valence-electron chi connectivity index (χ3n) is 1.71. The van der Waals surface area contributed by atoms with E-state index in [1.807, 2.05) is 42.5 Å². The van der Waals surface area contributed by atoms with E-state index in [-0.39, 0.29) is 23.0 Å². The third kappa shape index (κ3) is 5.49. The molecule has 0 radical (unpaired) electrons. The van der Waals surface area contributed by atoms with E-state index in [1.54, 1.807) is 6.08 Å². The summed E-state index contributed by atoms with van der Waals surface area (Å²) in [7, 11) is 1.44. The van der Waals surface area contributed by atoms with Gasteiger partial charge >= 0.3 is 0 Å². The summed E-state index contributed by atoms with van der Waals surface area (Å²) in [6, 6.07) is 10.0. The predicted octanol–water partition coefficient (Wildman–Crippen LogP) is 3.69. The fourth-order valence-corrected chi connectivity index (χ4v) is 1.50. The first-order valence-corrected chi connectivity index (χ1v) is 5.51. The van der Waals surface area contributed by atoms with Gasteiger partial charge in [0.05, 0.1) is 12.7 Å². The number of aliphatic hydroxyl groups excluding tert-OH is 1. The summed E-state index contributed by atoms with van der Waals surface area (Å²) in [5.41, 5.74) is 0.729. The molecule has 0 aromatic heterocycles. The van der Waals surface area contributed by atoms with E-state index in [0.29, 0.717) is 0 Å². The van der Waals surface area contributed by atoms with Crippen molar-refractivity contribution in [3.63, 3.8) is 0 Å². The van der Waals surface area contributed by atoms with Crippen LogP contribution in [-0.4, -0.2) is 12.2 Å². The molecule has 1 aromatic carbocycles. The number of hydrogen-bond acceptors (Lipinski definition) is 2. The van der Waals surface area contributed by atoms with Gasteiger partial charge in [-0.05, 0) is 40.8 Å². The molecule has 0 unspecified atom stereocenters. The van der Waals surface area contributed by atoms with Gasteiger partial charge in [0.15, 0.2) is 0 Å². The van der Waals surface area contributed by atoms with Gasteiger partial charge in [0, 0.05) is 20.6 Å². The van der Waals surface area contributed by atoms with E-state index < -0.39 is 0 Å². The number of rotatable bonds is 1. The van der Waals surface area contributed by atoms with Gasteiger partial charge in [-0.3, -0.25) is 0 Å². The van der Waals surface area contributed by atoms with Gasteiger partial charge in [0.25, 0.3) is 5.95 Å². The third-order valence-corrected chi connectivity index (χ3v) is 2.38. The summed E-state index contributed by atoms with van der Waals surface area (Å²) in [5.74, 6) is -0.0251. The summed E-state index contributed by atoms with van der Waals surface area (Å²) >= 11 is 2.17. The van der Waals surface area contributed by atoms with Crippen molar-refractivity contribution in [1.82, 2.24) is 0 Å². The van der Waals surface area contributed by atoms with Gasteiger partial charge in [-0.2, -0.15) is 18.2 Å². The van der Waals surface area contributed by atoms with Crippen LogP contribution in [0.3, 0.4) is 0 Å². The first-order valence-electron chi connectivity index (χ1n) is 4.43. The van der Waals surface area contributed by atoms with Gasteiger partial charge in [-0.1, -0.05) is 0 Å². The van der Waals surface area contributed by atoms with E-state index >= 15 is 0 Å². The average molecular weight is 371 g/mol. The maximum absolute atomic E-state index is 9.03. The zero-order valence-corrected chi connectivity index (χ0v) is 12.0. The van der Waals surface area contributed by atoms with Crippen LogP contribution in [0.15, 0.2) is 63.7 Å². The average Bonchev–Trinajstić information content (AvgIpc) is 2.89. The Morgan fingerprint density at radius 2 is 1.94 bits per heavy atom. The van der Waals surface area contributed by atoms with Crippen molar-refractivity contribution in [2.24, 2.45) is 0 Å². The molecular formula is C12H12FeIO2-. The second-order valence-corrected chi connectivity index (χ2v) is 4.04. The van der Waals surface area contributed by atoms with E-state index in [1.165, 1.54) is 7.11 Å². The van der Waals surface area contributed by atoms with Crippen LogP contribution in [0.2, 0.25) is 0 Å². The van der Waals surface area contributed by atoms with Crippen LogP contribution < -0.4 is 0 Å². The molecular weight excluding hydrogens is 359 g/mol. The van der Waals surface area contributed by atoms with Crippen molar-refractivity contribution in [3.05, 3.63) is 63.7 Å². The smallest absolute Gasteiger partial charge is 0.283 e. The number of aliphatic hydroxyl groups is 1. The normalized spacial score (nSPS) is 15.5. The molecule has 0 fully saturated rings. The zero-order valence-electron chi connectivity index (χ0n) is 8.71. The van der Waals surface area contributed by atoms with Gasteiger partial charge in [0.1, 0.15) is 0 Å². The first kappa shape index (κ1) is 15.4. The van der Waals surface area contributed by atoms with E-state index in [0.717, 1.165) is 9.15 Å². The molecule has 2 rings (SSSR count). The molecule has 1 aliphatic rings. The van der Waals surface area contributed by atoms with Crippen molar-refractivity contribution in [2.75, 3.05) is 7.11 Å². The summed E-state index contributed by atoms with van der Waals surface area (Å²) in [4.78, 5) is 0. The molecule has 4 heteroatoms. The van der Waals surface area contributed by atoms with Crippen molar-refractivity contribution in [2.45, 2.75) is 0 Å². The molecule has 1 N–H and O–H groups in total. The standard InChI is InChI=1S/C7H7IO2.C5H5.Fe/c1-10-7(9)5-2-3-6(8)4-5;1-2-4-5-3-1;/h2-4,9H,1H3;1-5H;/q;-1;/b7-5-;;. The van der Waals surface area contributed by atoms with E-state index in [2.05, 4.69) is 27.3 Å². The molecule has 0 spiro atoms. The Labute approximate surface area is 120 Å². The minimum atomic E-state index is -0.0251. The Hall–Kier alpha value is -0.581. The van der Waals surface area contributed by atoms with E-state index in [9.17, 15) is 0 Å². The van der Waals surface area contributed by atoms with Crippen LogP contribution in [-0.2, 0) is 21.8 Å². The second kappa shape index (κ2) is 8.56. The van der Waals surface area contributed by atoms with Crippen molar-refractivity contribution < 1.29 is 26.9 Å². The minimum Gasteiger partial charge on any atom is -0.481 e.